The van der Waals surface area contributed by atoms with E-state index in [1.807, 2.05) is 58.7 Å². The molecule has 2 aliphatic rings. The van der Waals surface area contributed by atoms with E-state index >= 15 is 0 Å². The molecule has 4 nitrogen and oxygen atoms in total. The molecule has 0 radical (unpaired) electrons. The second-order valence-electron chi connectivity index (χ2n) is 7.30. The van der Waals surface area contributed by atoms with Crippen molar-refractivity contribution in [3.05, 3.63) is 82.0 Å². The molecule has 5 heteroatoms. The van der Waals surface area contributed by atoms with Gasteiger partial charge < -0.3 is 4.74 Å². The highest BCUT2D eigenvalue weighted by Gasteiger charge is 2.34. The fraction of sp³-hybridized carbons (Fsp3) is 0.261. The minimum atomic E-state index is -0.106. The fourth-order valence-electron chi connectivity index (χ4n) is 4.13. The number of amides is 1. The van der Waals surface area contributed by atoms with Gasteiger partial charge in [0.2, 0.25) is 5.91 Å². The third-order valence-electron chi connectivity index (χ3n) is 5.53. The minimum absolute atomic E-state index is 0.106. The van der Waals surface area contributed by atoms with Crippen LogP contribution in [0.3, 0.4) is 0 Å². The summed E-state index contributed by atoms with van der Waals surface area (Å²) in [7, 11) is 0. The Hall–Kier alpha value is -2.63. The maximum Gasteiger partial charge on any atom is 0.241 e. The average molecular weight is 391 g/mol. The standard InChI is InChI=1S/C23H22N2O2S/c26-23(15-24-12-10-22-18(14-24)11-13-28-22)25-19-8-4-5-9-21(19)27-16-20(25)17-6-2-1-3-7-17/h1-9,11,13,20H,10,12,14-16H2. The molecule has 0 N–H and O–H groups in total. The van der Waals surface area contributed by atoms with Gasteiger partial charge in [-0.3, -0.25) is 14.6 Å². The fourth-order valence-corrected chi connectivity index (χ4v) is 5.02. The molecule has 1 atom stereocenters. The molecular formula is C23H22N2O2S. The SMILES string of the molecule is O=C(CN1CCc2sccc2C1)N1c2ccccc2OCC1c1ccccc1. The van der Waals surface area contributed by atoms with Gasteiger partial charge in [-0.05, 0) is 41.1 Å². The number of carbonyl (C=O) groups excluding carboxylic acids is 1. The normalized spacial score (nSPS) is 18.9. The van der Waals surface area contributed by atoms with Crippen molar-refractivity contribution >= 4 is 22.9 Å². The smallest absolute Gasteiger partial charge is 0.241 e. The molecule has 3 aromatic rings. The topological polar surface area (TPSA) is 32.8 Å². The van der Waals surface area contributed by atoms with Crippen LogP contribution in [0.2, 0.25) is 0 Å². The third-order valence-corrected chi connectivity index (χ3v) is 6.55. The van der Waals surface area contributed by atoms with Crippen molar-refractivity contribution in [2.45, 2.75) is 19.0 Å². The Kier molecular flexibility index (Phi) is 4.63. The molecule has 142 valence electrons. The van der Waals surface area contributed by atoms with Gasteiger partial charge in [-0.1, -0.05) is 42.5 Å². The lowest BCUT2D eigenvalue weighted by Gasteiger charge is -2.38. The number of hydrogen-bond acceptors (Lipinski definition) is 4. The first-order chi connectivity index (χ1) is 13.8. The minimum Gasteiger partial charge on any atom is -0.489 e. The number of carbonyl (C=O) groups is 1. The zero-order valence-electron chi connectivity index (χ0n) is 15.6. The molecule has 0 bridgehead atoms. The molecule has 2 aromatic carbocycles. The van der Waals surface area contributed by atoms with Crippen LogP contribution < -0.4 is 9.64 Å². The van der Waals surface area contributed by atoms with Gasteiger partial charge in [0.15, 0.2) is 0 Å². The van der Waals surface area contributed by atoms with Crippen molar-refractivity contribution in [1.82, 2.24) is 4.90 Å². The van der Waals surface area contributed by atoms with Crippen LogP contribution in [0.15, 0.2) is 66.0 Å². The van der Waals surface area contributed by atoms with E-state index in [4.69, 9.17) is 4.74 Å². The lowest BCUT2D eigenvalue weighted by Crippen LogP contribution is -2.46. The van der Waals surface area contributed by atoms with E-state index in [1.165, 1.54) is 10.4 Å². The monoisotopic (exact) mass is 390 g/mol. The highest BCUT2D eigenvalue weighted by Crippen LogP contribution is 2.39. The highest BCUT2D eigenvalue weighted by atomic mass is 32.1. The van der Waals surface area contributed by atoms with Crippen LogP contribution >= 0.6 is 11.3 Å². The maximum absolute atomic E-state index is 13.5. The predicted octanol–water partition coefficient (Wildman–Crippen LogP) is 4.27. The zero-order chi connectivity index (χ0) is 18.9. The van der Waals surface area contributed by atoms with Gasteiger partial charge in [0, 0.05) is 18.0 Å². The van der Waals surface area contributed by atoms with Crippen molar-refractivity contribution in [1.29, 1.82) is 0 Å². The average Bonchev–Trinajstić information content (AvgIpc) is 3.21. The Labute approximate surface area is 169 Å². The molecule has 0 aliphatic carbocycles. The van der Waals surface area contributed by atoms with Crippen molar-refractivity contribution < 1.29 is 9.53 Å². The second kappa shape index (κ2) is 7.41. The number of anilines is 1. The van der Waals surface area contributed by atoms with Crippen molar-refractivity contribution in [2.75, 3.05) is 24.6 Å². The summed E-state index contributed by atoms with van der Waals surface area (Å²) < 4.78 is 5.99. The maximum atomic E-state index is 13.5. The van der Waals surface area contributed by atoms with Gasteiger partial charge in [0.05, 0.1) is 18.3 Å². The first-order valence-electron chi connectivity index (χ1n) is 9.66. The van der Waals surface area contributed by atoms with Crippen LogP contribution in [0, 0.1) is 0 Å². The Morgan fingerprint density at radius 1 is 1.07 bits per heavy atom. The van der Waals surface area contributed by atoms with Crippen LogP contribution in [-0.4, -0.2) is 30.5 Å². The summed E-state index contributed by atoms with van der Waals surface area (Å²) in [5.41, 5.74) is 3.33. The number of nitrogens with zero attached hydrogens (tertiary/aromatic N) is 2. The van der Waals surface area contributed by atoms with Gasteiger partial charge in [0.1, 0.15) is 12.4 Å². The van der Waals surface area contributed by atoms with E-state index in [0.29, 0.717) is 13.2 Å². The molecule has 1 aromatic heterocycles. The molecule has 5 rings (SSSR count). The highest BCUT2D eigenvalue weighted by molar-refractivity contribution is 7.10. The van der Waals surface area contributed by atoms with Gasteiger partial charge >= 0.3 is 0 Å². The number of fused-ring (bicyclic) bond motifs is 2. The Bertz CT molecular complexity index is 985. The van der Waals surface area contributed by atoms with Crippen LogP contribution in [-0.2, 0) is 17.8 Å². The quantitative estimate of drug-likeness (QED) is 0.669. The lowest BCUT2D eigenvalue weighted by atomic mass is 10.0. The summed E-state index contributed by atoms with van der Waals surface area (Å²) in [6.07, 6.45) is 1.03. The van der Waals surface area contributed by atoms with Crippen LogP contribution in [0.4, 0.5) is 5.69 Å². The van der Waals surface area contributed by atoms with E-state index in [-0.39, 0.29) is 11.9 Å². The van der Waals surface area contributed by atoms with E-state index in [9.17, 15) is 4.79 Å². The Morgan fingerprint density at radius 3 is 2.79 bits per heavy atom. The van der Waals surface area contributed by atoms with Crippen molar-refractivity contribution in [2.24, 2.45) is 0 Å². The number of para-hydroxylation sites is 2. The zero-order valence-corrected chi connectivity index (χ0v) is 16.4. The van der Waals surface area contributed by atoms with Gasteiger partial charge in [-0.2, -0.15) is 0 Å². The number of benzene rings is 2. The van der Waals surface area contributed by atoms with Gasteiger partial charge in [0.25, 0.3) is 0 Å². The predicted molar refractivity (Wildman–Crippen MR) is 112 cm³/mol. The van der Waals surface area contributed by atoms with Crippen molar-refractivity contribution in [3.63, 3.8) is 0 Å². The van der Waals surface area contributed by atoms with Gasteiger partial charge in [-0.25, -0.2) is 0 Å². The van der Waals surface area contributed by atoms with Crippen LogP contribution in [0.5, 0.6) is 5.75 Å². The van der Waals surface area contributed by atoms with E-state index < -0.39 is 0 Å². The number of thiophene rings is 1. The molecule has 2 aliphatic heterocycles. The molecule has 3 heterocycles. The van der Waals surface area contributed by atoms with Crippen LogP contribution in [0.1, 0.15) is 22.0 Å². The number of rotatable bonds is 3. The molecule has 0 spiro atoms. The van der Waals surface area contributed by atoms with E-state index in [2.05, 4.69) is 28.5 Å². The lowest BCUT2D eigenvalue weighted by molar-refractivity contribution is -0.120. The summed E-state index contributed by atoms with van der Waals surface area (Å²) in [5.74, 6) is 0.907. The summed E-state index contributed by atoms with van der Waals surface area (Å²) in [6.45, 7) is 2.68. The van der Waals surface area contributed by atoms with Gasteiger partial charge in [-0.15, -0.1) is 11.3 Å². The largest absolute Gasteiger partial charge is 0.489 e. The Balaban J connectivity index is 1.43. The molecule has 0 saturated carbocycles. The van der Waals surface area contributed by atoms with E-state index in [0.717, 1.165) is 36.5 Å². The summed E-state index contributed by atoms with van der Waals surface area (Å²) in [5, 5.41) is 2.15. The molecule has 1 amide bonds. The molecular weight excluding hydrogens is 368 g/mol. The second-order valence-corrected chi connectivity index (χ2v) is 8.30. The molecule has 1 unspecified atom stereocenters. The first kappa shape index (κ1) is 17.5. The Morgan fingerprint density at radius 2 is 1.89 bits per heavy atom. The molecule has 0 fully saturated rings. The molecule has 0 saturated heterocycles. The van der Waals surface area contributed by atoms with Crippen molar-refractivity contribution in [3.8, 4) is 5.75 Å². The summed E-state index contributed by atoms with van der Waals surface area (Å²) >= 11 is 1.82. The van der Waals surface area contributed by atoms with E-state index in [1.54, 1.807) is 0 Å². The third kappa shape index (κ3) is 3.21. The summed E-state index contributed by atoms with van der Waals surface area (Å²) in [4.78, 5) is 19.2. The van der Waals surface area contributed by atoms with Crippen LogP contribution in [0.25, 0.3) is 0 Å². The molecule has 28 heavy (non-hydrogen) atoms. The summed E-state index contributed by atoms with van der Waals surface area (Å²) in [6, 6.07) is 20.1. The number of ether oxygens (including phenoxy) is 1. The number of hydrogen-bond donors (Lipinski definition) is 0. The first-order valence-corrected chi connectivity index (χ1v) is 10.5.